The van der Waals surface area contributed by atoms with Crippen molar-refractivity contribution >= 4 is 0 Å². The summed E-state index contributed by atoms with van der Waals surface area (Å²) in [6, 6.07) is 1.47. The molecule has 6 heteroatoms. The number of rotatable bonds is 3. The van der Waals surface area contributed by atoms with E-state index in [1.54, 1.807) is 0 Å². The van der Waals surface area contributed by atoms with E-state index in [4.69, 9.17) is 10.1 Å². The smallest absolute Gasteiger partial charge is 0.331 e. The number of methoxy groups -OCH3 is 1. The third kappa shape index (κ3) is 2.16. The van der Waals surface area contributed by atoms with Crippen molar-refractivity contribution in [1.82, 2.24) is 9.13 Å². The van der Waals surface area contributed by atoms with Gasteiger partial charge < -0.3 is 9.84 Å². The fourth-order valence-corrected chi connectivity index (χ4v) is 1.34. The molecule has 1 aromatic rings. The van der Waals surface area contributed by atoms with Gasteiger partial charge in [0.15, 0.2) is 6.23 Å². The maximum atomic E-state index is 11.7. The van der Waals surface area contributed by atoms with Crippen molar-refractivity contribution in [1.29, 1.82) is 5.41 Å². The quantitative estimate of drug-likeness (QED) is 0.689. The van der Waals surface area contributed by atoms with E-state index < -0.39 is 18.0 Å². The molecule has 2 unspecified atom stereocenters. The summed E-state index contributed by atoms with van der Waals surface area (Å²) >= 11 is 0. The Bertz CT molecular complexity index is 447. The van der Waals surface area contributed by atoms with Gasteiger partial charge in [0.05, 0.1) is 6.10 Å². The van der Waals surface area contributed by atoms with Crippen LogP contribution >= 0.6 is 0 Å². The van der Waals surface area contributed by atoms with E-state index in [0.29, 0.717) is 0 Å². The zero-order chi connectivity index (χ0) is 11.6. The van der Waals surface area contributed by atoms with Crippen LogP contribution in [0.4, 0.5) is 0 Å². The maximum absolute atomic E-state index is 11.7. The number of aliphatic hydroxyl groups is 1. The highest BCUT2D eigenvalue weighted by Crippen LogP contribution is 2.08. The number of nitrogens with zero attached hydrogens (tertiary/aromatic N) is 2. The lowest BCUT2D eigenvalue weighted by Gasteiger charge is -2.21. The monoisotopic (exact) mass is 213 g/mol. The Morgan fingerprint density at radius 2 is 2.20 bits per heavy atom. The normalized spacial score (nSPS) is 14.9. The molecule has 15 heavy (non-hydrogen) atoms. The van der Waals surface area contributed by atoms with E-state index >= 15 is 0 Å². The molecule has 2 atom stereocenters. The van der Waals surface area contributed by atoms with Gasteiger partial charge in [0, 0.05) is 20.4 Å². The predicted octanol–water partition coefficient (Wildman–Crippen LogP) is -0.808. The van der Waals surface area contributed by atoms with Crippen molar-refractivity contribution in [2.24, 2.45) is 7.05 Å². The van der Waals surface area contributed by atoms with Crippen molar-refractivity contribution in [2.75, 3.05) is 7.11 Å². The van der Waals surface area contributed by atoms with Crippen molar-refractivity contribution in [3.05, 3.63) is 28.2 Å². The van der Waals surface area contributed by atoms with Gasteiger partial charge in [-0.15, -0.1) is 0 Å². The van der Waals surface area contributed by atoms with Gasteiger partial charge in [0.1, 0.15) is 5.49 Å². The second-order valence-corrected chi connectivity index (χ2v) is 3.32. The lowest BCUT2D eigenvalue weighted by atomic mass is 10.3. The summed E-state index contributed by atoms with van der Waals surface area (Å²) in [6.07, 6.45) is -0.0977. The first-order valence-corrected chi connectivity index (χ1v) is 4.52. The van der Waals surface area contributed by atoms with Gasteiger partial charge in [0.2, 0.25) is 0 Å². The van der Waals surface area contributed by atoms with Crippen molar-refractivity contribution in [3.8, 4) is 0 Å². The van der Waals surface area contributed by atoms with Gasteiger partial charge in [-0.3, -0.25) is 14.5 Å². The van der Waals surface area contributed by atoms with Gasteiger partial charge in [-0.25, -0.2) is 4.79 Å². The lowest BCUT2D eigenvalue weighted by molar-refractivity contribution is -0.0527. The maximum Gasteiger partial charge on any atom is 0.331 e. The molecule has 0 saturated carbocycles. The number of aromatic nitrogens is 2. The summed E-state index contributed by atoms with van der Waals surface area (Å²) in [7, 11) is 2.91. The lowest BCUT2D eigenvalue weighted by Crippen LogP contribution is -2.41. The number of hydrogen-bond donors (Lipinski definition) is 2. The third-order valence-corrected chi connectivity index (χ3v) is 2.19. The van der Waals surface area contributed by atoms with E-state index in [2.05, 4.69) is 0 Å². The molecule has 6 nitrogen and oxygen atoms in total. The van der Waals surface area contributed by atoms with Crippen LogP contribution in [0.1, 0.15) is 13.2 Å². The first-order chi connectivity index (χ1) is 6.99. The Hall–Kier alpha value is -1.40. The average Bonchev–Trinajstić information content (AvgIpc) is 2.18. The van der Waals surface area contributed by atoms with Crippen LogP contribution in [0.2, 0.25) is 0 Å². The molecule has 1 rings (SSSR count). The van der Waals surface area contributed by atoms with Crippen LogP contribution in [0.5, 0.6) is 0 Å². The molecular weight excluding hydrogens is 198 g/mol. The molecule has 0 amide bonds. The standard InChI is InChI=1S/C9H15N3O3/c1-6(13)8(15-3)12-5-4-7(10)11(2)9(12)14/h4-6,8,10,13H,1-3H3. The largest absolute Gasteiger partial charge is 0.389 e. The molecule has 0 aromatic carbocycles. The molecule has 0 bridgehead atoms. The Kier molecular flexibility index (Phi) is 3.43. The Morgan fingerprint density at radius 3 is 2.67 bits per heavy atom. The van der Waals surface area contributed by atoms with Gasteiger partial charge in [-0.2, -0.15) is 0 Å². The first kappa shape index (κ1) is 11.7. The van der Waals surface area contributed by atoms with E-state index in [-0.39, 0.29) is 5.49 Å². The molecule has 1 heterocycles. The molecule has 0 aliphatic rings. The van der Waals surface area contributed by atoms with Gasteiger partial charge in [-0.1, -0.05) is 0 Å². The van der Waals surface area contributed by atoms with Gasteiger partial charge in [-0.05, 0) is 13.0 Å². The molecule has 84 valence electrons. The summed E-state index contributed by atoms with van der Waals surface area (Å²) in [5, 5.41) is 16.8. The average molecular weight is 213 g/mol. The molecule has 0 aliphatic heterocycles. The highest BCUT2D eigenvalue weighted by Gasteiger charge is 2.17. The minimum Gasteiger partial charge on any atom is -0.389 e. The minimum atomic E-state index is -0.802. The van der Waals surface area contributed by atoms with E-state index in [9.17, 15) is 9.90 Å². The van der Waals surface area contributed by atoms with Crippen LogP contribution in [0.15, 0.2) is 17.1 Å². The Labute approximate surface area is 86.9 Å². The summed E-state index contributed by atoms with van der Waals surface area (Å²) in [6.45, 7) is 1.54. The molecule has 0 spiro atoms. The van der Waals surface area contributed by atoms with Crippen LogP contribution in [0.3, 0.4) is 0 Å². The summed E-state index contributed by atoms with van der Waals surface area (Å²) < 4.78 is 7.44. The van der Waals surface area contributed by atoms with Crippen LogP contribution in [-0.2, 0) is 11.8 Å². The van der Waals surface area contributed by atoms with Crippen LogP contribution in [-0.4, -0.2) is 27.5 Å². The molecule has 0 saturated heterocycles. The third-order valence-electron chi connectivity index (χ3n) is 2.19. The number of nitrogens with one attached hydrogen (secondary N) is 1. The second-order valence-electron chi connectivity index (χ2n) is 3.32. The SMILES string of the molecule is COC(C(C)O)n1ccc(=N)n(C)c1=O. The highest BCUT2D eigenvalue weighted by atomic mass is 16.5. The zero-order valence-corrected chi connectivity index (χ0v) is 8.97. The van der Waals surface area contributed by atoms with Crippen molar-refractivity contribution in [3.63, 3.8) is 0 Å². The Morgan fingerprint density at radius 1 is 1.60 bits per heavy atom. The molecule has 2 N–H and O–H groups in total. The molecule has 0 radical (unpaired) electrons. The summed E-state index contributed by atoms with van der Waals surface area (Å²) in [5.74, 6) is 0. The van der Waals surface area contributed by atoms with Crippen LogP contribution in [0.25, 0.3) is 0 Å². The number of hydrogen-bond acceptors (Lipinski definition) is 4. The topological polar surface area (TPSA) is 80.2 Å². The number of aliphatic hydroxyl groups excluding tert-OH is 1. The Balaban J connectivity index is 3.32. The summed E-state index contributed by atoms with van der Waals surface area (Å²) in [4.78, 5) is 11.7. The molecule has 0 aliphatic carbocycles. The molecule has 0 fully saturated rings. The fourth-order valence-electron chi connectivity index (χ4n) is 1.34. The zero-order valence-electron chi connectivity index (χ0n) is 8.97. The number of ether oxygens (including phenoxy) is 1. The van der Waals surface area contributed by atoms with Gasteiger partial charge in [0.25, 0.3) is 0 Å². The predicted molar refractivity (Wildman–Crippen MR) is 53.3 cm³/mol. The highest BCUT2D eigenvalue weighted by molar-refractivity contribution is 4.85. The first-order valence-electron chi connectivity index (χ1n) is 4.52. The van der Waals surface area contributed by atoms with Crippen molar-refractivity contribution < 1.29 is 9.84 Å². The summed E-state index contributed by atoms with van der Waals surface area (Å²) in [5.41, 5.74) is -0.285. The van der Waals surface area contributed by atoms with E-state index in [1.807, 2.05) is 0 Å². The minimum absolute atomic E-state index is 0.108. The second kappa shape index (κ2) is 4.41. The van der Waals surface area contributed by atoms with Crippen LogP contribution in [0, 0.1) is 5.41 Å². The van der Waals surface area contributed by atoms with E-state index in [1.165, 1.54) is 42.5 Å². The molecule has 1 aromatic heterocycles. The van der Waals surface area contributed by atoms with Gasteiger partial charge >= 0.3 is 5.69 Å². The van der Waals surface area contributed by atoms with Crippen molar-refractivity contribution in [2.45, 2.75) is 19.3 Å². The fraction of sp³-hybridized carbons (Fsp3) is 0.556. The molecular formula is C9H15N3O3. The van der Waals surface area contributed by atoms with Crippen LogP contribution < -0.4 is 11.2 Å². The van der Waals surface area contributed by atoms with E-state index in [0.717, 1.165) is 0 Å².